The molecule has 1 aromatic rings. The second kappa shape index (κ2) is 6.59. The standard InChI is InChI=1S/C25H30F6O/c1-16-3-4-17(19(27)18(16)26)32-15-22-11-13-23(14-12-22,25(30,31)24(22,28)29)21-8-5-20(2,6-9-21)7-10-21/h3-4H,5-15H2,1-2H3. The average Bonchev–Trinajstić information content (AvgIpc) is 2.77. The van der Waals surface area contributed by atoms with E-state index in [0.717, 1.165) is 25.3 Å². The second-order valence-electron chi connectivity index (χ2n) is 11.4. The molecule has 0 N–H and O–H groups in total. The van der Waals surface area contributed by atoms with Gasteiger partial charge < -0.3 is 4.74 Å². The van der Waals surface area contributed by atoms with Crippen LogP contribution in [-0.2, 0) is 0 Å². The number of hydrogen-bond acceptors (Lipinski definition) is 1. The van der Waals surface area contributed by atoms with Crippen LogP contribution < -0.4 is 4.74 Å². The Morgan fingerprint density at radius 1 is 0.750 bits per heavy atom. The Bertz CT molecular complexity index is 906. The van der Waals surface area contributed by atoms with Gasteiger partial charge in [-0.3, -0.25) is 0 Å². The first-order valence-corrected chi connectivity index (χ1v) is 11.7. The van der Waals surface area contributed by atoms with Crippen LogP contribution in [0.4, 0.5) is 26.3 Å². The van der Waals surface area contributed by atoms with Gasteiger partial charge in [0.2, 0.25) is 5.82 Å². The van der Waals surface area contributed by atoms with Crippen LogP contribution in [0.5, 0.6) is 5.75 Å². The van der Waals surface area contributed by atoms with Gasteiger partial charge in [-0.25, -0.2) is 4.39 Å². The Labute approximate surface area is 184 Å². The summed E-state index contributed by atoms with van der Waals surface area (Å²) in [5.74, 6) is -11.3. The number of halogens is 6. The fraction of sp³-hybridized carbons (Fsp3) is 0.760. The molecule has 6 saturated carbocycles. The van der Waals surface area contributed by atoms with Gasteiger partial charge in [0.1, 0.15) is 0 Å². The molecule has 0 heterocycles. The Morgan fingerprint density at radius 2 is 1.31 bits per heavy atom. The molecule has 0 amide bonds. The smallest absolute Gasteiger partial charge is 0.319 e. The summed E-state index contributed by atoms with van der Waals surface area (Å²) in [5.41, 5.74) is -4.31. The maximum atomic E-state index is 15.9. The van der Waals surface area contributed by atoms with Gasteiger partial charge in [0, 0.05) is 5.41 Å². The highest BCUT2D eigenvalue weighted by Crippen LogP contribution is 2.79. The quantitative estimate of drug-likeness (QED) is 0.416. The van der Waals surface area contributed by atoms with Gasteiger partial charge in [0.15, 0.2) is 11.6 Å². The molecule has 6 aliphatic rings. The van der Waals surface area contributed by atoms with Gasteiger partial charge >= 0.3 is 11.8 Å². The third-order valence-electron chi connectivity index (χ3n) is 10.1. The topological polar surface area (TPSA) is 9.23 Å². The SMILES string of the molecule is Cc1ccc(OCC23CCC(C45CCC(C)(CC4)CC5)(CC2)C(F)(F)C3(F)F)c(F)c1F. The van der Waals surface area contributed by atoms with Crippen LogP contribution in [0, 0.1) is 40.2 Å². The molecule has 6 aliphatic carbocycles. The maximum absolute atomic E-state index is 15.9. The van der Waals surface area contributed by atoms with Crippen molar-refractivity contribution in [1.82, 2.24) is 0 Å². The molecule has 0 spiro atoms. The van der Waals surface area contributed by atoms with Crippen molar-refractivity contribution in [2.45, 2.75) is 89.9 Å². The predicted octanol–water partition coefficient (Wildman–Crippen LogP) is 7.84. The third-order valence-corrected chi connectivity index (χ3v) is 10.1. The molecule has 1 nitrogen and oxygen atoms in total. The summed E-state index contributed by atoms with van der Waals surface area (Å²) in [4.78, 5) is 0. The van der Waals surface area contributed by atoms with E-state index < -0.39 is 52.1 Å². The van der Waals surface area contributed by atoms with Gasteiger partial charge in [-0.05, 0) is 93.6 Å². The highest BCUT2D eigenvalue weighted by molar-refractivity contribution is 5.31. The molecule has 0 aromatic heterocycles. The molecule has 1 aromatic carbocycles. The number of alkyl halides is 4. The fourth-order valence-electron chi connectivity index (χ4n) is 7.56. The van der Waals surface area contributed by atoms with E-state index in [9.17, 15) is 8.78 Å². The van der Waals surface area contributed by atoms with Crippen molar-refractivity contribution in [3.05, 3.63) is 29.3 Å². The normalized spacial score (nSPS) is 41.6. The molecule has 0 unspecified atom stereocenters. The number of benzene rings is 1. The third kappa shape index (κ3) is 2.54. The minimum absolute atomic E-state index is 0.0282. The van der Waals surface area contributed by atoms with Crippen molar-refractivity contribution in [2.24, 2.45) is 21.7 Å². The zero-order valence-corrected chi connectivity index (χ0v) is 18.6. The predicted molar refractivity (Wildman–Crippen MR) is 108 cm³/mol. The van der Waals surface area contributed by atoms with Crippen molar-refractivity contribution < 1.29 is 31.1 Å². The Balaban J connectivity index is 1.45. The van der Waals surface area contributed by atoms with E-state index >= 15 is 17.6 Å². The van der Waals surface area contributed by atoms with Gasteiger partial charge in [0.05, 0.1) is 12.0 Å². The molecular formula is C25H30F6O. The van der Waals surface area contributed by atoms with Crippen molar-refractivity contribution in [3.8, 4) is 5.75 Å². The van der Waals surface area contributed by atoms with Gasteiger partial charge in [-0.15, -0.1) is 0 Å². The van der Waals surface area contributed by atoms with Crippen LogP contribution in [0.15, 0.2) is 12.1 Å². The molecule has 7 heteroatoms. The second-order valence-corrected chi connectivity index (χ2v) is 11.4. The molecule has 32 heavy (non-hydrogen) atoms. The minimum Gasteiger partial charge on any atom is -0.490 e. The molecule has 0 aliphatic heterocycles. The summed E-state index contributed by atoms with van der Waals surface area (Å²) in [6.45, 7) is 2.80. The molecule has 7 rings (SSSR count). The molecular weight excluding hydrogens is 430 g/mol. The minimum atomic E-state index is -4.27. The number of rotatable bonds is 4. The molecule has 4 bridgehead atoms. The number of aryl methyl sites for hydroxylation is 1. The Morgan fingerprint density at radius 3 is 1.88 bits per heavy atom. The Kier molecular flexibility index (Phi) is 4.61. The van der Waals surface area contributed by atoms with Gasteiger partial charge in [0.25, 0.3) is 0 Å². The van der Waals surface area contributed by atoms with Crippen LogP contribution >= 0.6 is 0 Å². The van der Waals surface area contributed by atoms with Crippen LogP contribution in [0.25, 0.3) is 0 Å². The first-order chi connectivity index (χ1) is 14.8. The van der Waals surface area contributed by atoms with Crippen molar-refractivity contribution >= 4 is 0 Å². The summed E-state index contributed by atoms with van der Waals surface area (Å²) in [6, 6.07) is 2.45. The van der Waals surface area contributed by atoms with Crippen LogP contribution in [-0.4, -0.2) is 18.5 Å². The zero-order valence-electron chi connectivity index (χ0n) is 18.6. The van der Waals surface area contributed by atoms with E-state index in [0.29, 0.717) is 19.3 Å². The van der Waals surface area contributed by atoms with Gasteiger partial charge in [-0.2, -0.15) is 22.0 Å². The van der Waals surface area contributed by atoms with Gasteiger partial charge in [-0.1, -0.05) is 13.0 Å². The molecule has 178 valence electrons. The summed E-state index contributed by atoms with van der Waals surface area (Å²) < 4.78 is 96.5. The highest BCUT2D eigenvalue weighted by atomic mass is 19.3. The first kappa shape index (κ1) is 22.4. The lowest BCUT2D eigenvalue weighted by atomic mass is 9.37. The van der Waals surface area contributed by atoms with Crippen LogP contribution in [0.2, 0.25) is 0 Å². The van der Waals surface area contributed by atoms with E-state index in [2.05, 4.69) is 6.92 Å². The van der Waals surface area contributed by atoms with Crippen molar-refractivity contribution in [3.63, 3.8) is 0 Å². The van der Waals surface area contributed by atoms with E-state index in [-0.39, 0.29) is 36.7 Å². The number of fused-ring (bicyclic) bond motifs is 6. The summed E-state index contributed by atoms with van der Waals surface area (Å²) in [7, 11) is 0. The van der Waals surface area contributed by atoms with Crippen LogP contribution in [0.3, 0.4) is 0 Å². The van der Waals surface area contributed by atoms with E-state index in [1.54, 1.807) is 0 Å². The lowest BCUT2D eigenvalue weighted by Gasteiger charge is -2.70. The largest absolute Gasteiger partial charge is 0.490 e. The van der Waals surface area contributed by atoms with E-state index in [1.165, 1.54) is 13.0 Å². The van der Waals surface area contributed by atoms with Crippen LogP contribution in [0.1, 0.15) is 76.7 Å². The molecule has 0 radical (unpaired) electrons. The zero-order chi connectivity index (χ0) is 23.2. The molecule has 0 atom stereocenters. The summed E-state index contributed by atoms with van der Waals surface area (Å²) >= 11 is 0. The first-order valence-electron chi connectivity index (χ1n) is 11.7. The Hall–Kier alpha value is -1.40. The molecule has 6 fully saturated rings. The fourth-order valence-corrected chi connectivity index (χ4v) is 7.56. The van der Waals surface area contributed by atoms with Crippen molar-refractivity contribution in [2.75, 3.05) is 6.61 Å². The highest BCUT2D eigenvalue weighted by Gasteiger charge is 2.85. The lowest BCUT2D eigenvalue weighted by molar-refractivity contribution is -0.399. The van der Waals surface area contributed by atoms with E-state index in [1.807, 2.05) is 0 Å². The summed E-state index contributed by atoms with van der Waals surface area (Å²) in [5, 5.41) is 0. The lowest BCUT2D eigenvalue weighted by Crippen LogP contribution is -2.75. The summed E-state index contributed by atoms with van der Waals surface area (Å²) in [6.07, 6.45) is 4.11. The maximum Gasteiger partial charge on any atom is 0.319 e. The molecule has 0 saturated heterocycles. The number of ether oxygens (including phenoxy) is 1. The van der Waals surface area contributed by atoms with E-state index in [4.69, 9.17) is 4.74 Å². The van der Waals surface area contributed by atoms with Crippen molar-refractivity contribution in [1.29, 1.82) is 0 Å². The monoisotopic (exact) mass is 460 g/mol. The average molecular weight is 461 g/mol. The number of hydrogen-bond donors (Lipinski definition) is 0.